The summed E-state index contributed by atoms with van der Waals surface area (Å²) in [6.45, 7) is 0. The Morgan fingerprint density at radius 3 is 2.36 bits per heavy atom. The number of aromatic nitrogens is 2. The van der Waals surface area contributed by atoms with Gasteiger partial charge < -0.3 is 0 Å². The van der Waals surface area contributed by atoms with Gasteiger partial charge >= 0.3 is 0 Å². The summed E-state index contributed by atoms with van der Waals surface area (Å²) in [4.78, 5) is 17.9. The molecule has 0 N–H and O–H groups in total. The smallest absolute Gasteiger partial charge is 0.266 e. The van der Waals surface area contributed by atoms with Crippen LogP contribution in [0.4, 0.5) is 0 Å². The molecule has 28 heavy (non-hydrogen) atoms. The van der Waals surface area contributed by atoms with Gasteiger partial charge in [-0.25, -0.2) is 4.98 Å². The van der Waals surface area contributed by atoms with Crippen LogP contribution in [0.25, 0.3) is 16.6 Å². The van der Waals surface area contributed by atoms with Crippen molar-refractivity contribution in [2.45, 2.75) is 10.9 Å². The fourth-order valence-corrected chi connectivity index (χ4v) is 4.80. The van der Waals surface area contributed by atoms with Crippen molar-refractivity contribution in [3.63, 3.8) is 0 Å². The molecule has 1 heterocycles. The number of hydrogen-bond donors (Lipinski definition) is 0. The summed E-state index contributed by atoms with van der Waals surface area (Å²) in [6, 6.07) is 19.8. The van der Waals surface area contributed by atoms with Gasteiger partial charge in [-0.1, -0.05) is 70.8 Å². The third kappa shape index (κ3) is 3.78. The first-order chi connectivity index (χ1) is 13.5. The van der Waals surface area contributed by atoms with Gasteiger partial charge in [-0.15, -0.1) is 0 Å². The maximum absolute atomic E-state index is 13.2. The third-order valence-corrected chi connectivity index (χ3v) is 6.13. The molecule has 0 amide bonds. The zero-order valence-electron chi connectivity index (χ0n) is 14.4. The van der Waals surface area contributed by atoms with Gasteiger partial charge in [0.05, 0.1) is 16.6 Å². The van der Waals surface area contributed by atoms with Gasteiger partial charge in [0.1, 0.15) is 0 Å². The second kappa shape index (κ2) is 8.18. The van der Waals surface area contributed by atoms with E-state index in [4.69, 9.17) is 39.8 Å². The van der Waals surface area contributed by atoms with Crippen molar-refractivity contribution in [2.24, 2.45) is 0 Å². The predicted octanol–water partition coefficient (Wildman–Crippen LogP) is 6.64. The van der Waals surface area contributed by atoms with Gasteiger partial charge in [-0.2, -0.15) is 0 Å². The lowest BCUT2D eigenvalue weighted by molar-refractivity contribution is 0.819. The van der Waals surface area contributed by atoms with E-state index in [0.717, 1.165) is 5.56 Å². The molecule has 0 aliphatic rings. The lowest BCUT2D eigenvalue weighted by Gasteiger charge is -2.14. The van der Waals surface area contributed by atoms with E-state index in [1.165, 1.54) is 11.8 Å². The highest BCUT2D eigenvalue weighted by Gasteiger charge is 2.15. The maximum Gasteiger partial charge on any atom is 0.266 e. The summed E-state index contributed by atoms with van der Waals surface area (Å²) in [5.41, 5.74) is 1.94. The van der Waals surface area contributed by atoms with Crippen molar-refractivity contribution < 1.29 is 0 Å². The number of nitrogens with zero attached hydrogens (tertiary/aromatic N) is 2. The van der Waals surface area contributed by atoms with Gasteiger partial charge in [0, 0.05) is 20.8 Å². The molecule has 0 aliphatic carbocycles. The number of fused-ring (bicyclic) bond motifs is 1. The van der Waals surface area contributed by atoms with Crippen LogP contribution >= 0.6 is 46.6 Å². The predicted molar refractivity (Wildman–Crippen MR) is 118 cm³/mol. The Morgan fingerprint density at radius 2 is 1.61 bits per heavy atom. The average molecular weight is 448 g/mol. The van der Waals surface area contributed by atoms with Crippen LogP contribution in [0.3, 0.4) is 0 Å². The van der Waals surface area contributed by atoms with E-state index in [2.05, 4.69) is 0 Å². The van der Waals surface area contributed by atoms with Crippen LogP contribution in [-0.2, 0) is 5.75 Å². The summed E-state index contributed by atoms with van der Waals surface area (Å²) in [5, 5.41) is 2.79. The minimum atomic E-state index is -0.152. The van der Waals surface area contributed by atoms with Crippen LogP contribution in [0.1, 0.15) is 5.56 Å². The van der Waals surface area contributed by atoms with Crippen LogP contribution in [0, 0.1) is 0 Å². The van der Waals surface area contributed by atoms with E-state index < -0.39 is 0 Å². The number of rotatable bonds is 4. The molecule has 7 heteroatoms. The molecular weight excluding hydrogens is 435 g/mol. The molecule has 0 spiro atoms. The zero-order chi connectivity index (χ0) is 19.7. The van der Waals surface area contributed by atoms with Gasteiger partial charge in [0.25, 0.3) is 5.56 Å². The Bertz CT molecular complexity index is 1220. The zero-order valence-corrected chi connectivity index (χ0v) is 17.5. The lowest BCUT2D eigenvalue weighted by Crippen LogP contribution is -2.21. The van der Waals surface area contributed by atoms with Crippen molar-refractivity contribution in [3.05, 3.63) is 97.7 Å². The summed E-state index contributed by atoms with van der Waals surface area (Å²) < 4.78 is 1.57. The average Bonchev–Trinajstić information content (AvgIpc) is 2.68. The molecule has 0 radical (unpaired) electrons. The molecule has 3 aromatic carbocycles. The SMILES string of the molecule is O=c1c2ccccc2nc(SCc2c(Cl)cccc2Cl)n1-c1cccc(Cl)c1. The first-order valence-electron chi connectivity index (χ1n) is 8.38. The Labute approximate surface area is 180 Å². The fraction of sp³-hybridized carbons (Fsp3) is 0.0476. The second-order valence-corrected chi connectivity index (χ2v) is 8.21. The number of thioether (sulfide) groups is 1. The highest BCUT2D eigenvalue weighted by atomic mass is 35.5. The Balaban J connectivity index is 1.87. The molecule has 3 nitrogen and oxygen atoms in total. The Kier molecular flexibility index (Phi) is 5.65. The highest BCUT2D eigenvalue weighted by Crippen LogP contribution is 2.32. The topological polar surface area (TPSA) is 34.9 Å². The normalized spacial score (nSPS) is 11.1. The second-order valence-electron chi connectivity index (χ2n) is 6.02. The lowest BCUT2D eigenvalue weighted by atomic mass is 10.2. The largest absolute Gasteiger partial charge is 0.268 e. The van der Waals surface area contributed by atoms with Crippen LogP contribution in [0.2, 0.25) is 15.1 Å². The molecule has 0 saturated carbocycles. The minimum absolute atomic E-state index is 0.152. The first-order valence-corrected chi connectivity index (χ1v) is 10.5. The number of halogens is 3. The fourth-order valence-electron chi connectivity index (χ4n) is 2.86. The Hall–Kier alpha value is -1.98. The Morgan fingerprint density at radius 1 is 0.893 bits per heavy atom. The molecule has 0 aliphatic heterocycles. The summed E-state index contributed by atoms with van der Waals surface area (Å²) in [6.07, 6.45) is 0. The third-order valence-electron chi connectivity index (χ3n) is 4.22. The van der Waals surface area contributed by atoms with Crippen molar-refractivity contribution >= 4 is 57.5 Å². The number of para-hydroxylation sites is 1. The molecule has 0 unspecified atom stereocenters. The van der Waals surface area contributed by atoms with E-state index in [9.17, 15) is 4.79 Å². The first kappa shape index (κ1) is 19.3. The number of hydrogen-bond acceptors (Lipinski definition) is 3. The monoisotopic (exact) mass is 446 g/mol. The molecular formula is C21H13Cl3N2OS. The van der Waals surface area contributed by atoms with E-state index in [-0.39, 0.29) is 5.56 Å². The van der Waals surface area contributed by atoms with Crippen LogP contribution in [0.5, 0.6) is 0 Å². The summed E-state index contributed by atoms with van der Waals surface area (Å²) >= 11 is 20.1. The molecule has 0 bridgehead atoms. The molecule has 140 valence electrons. The summed E-state index contributed by atoms with van der Waals surface area (Å²) in [5.74, 6) is 0.476. The van der Waals surface area contributed by atoms with E-state index >= 15 is 0 Å². The van der Waals surface area contributed by atoms with Crippen LogP contribution in [0.15, 0.2) is 76.7 Å². The van der Waals surface area contributed by atoms with Gasteiger partial charge in [0.2, 0.25) is 0 Å². The van der Waals surface area contributed by atoms with Crippen molar-refractivity contribution in [1.82, 2.24) is 9.55 Å². The summed E-state index contributed by atoms with van der Waals surface area (Å²) in [7, 11) is 0. The maximum atomic E-state index is 13.2. The van der Waals surface area contributed by atoms with E-state index in [1.807, 2.05) is 24.3 Å². The molecule has 1 aromatic heterocycles. The number of benzene rings is 3. The van der Waals surface area contributed by atoms with Crippen LogP contribution < -0.4 is 5.56 Å². The van der Waals surface area contributed by atoms with Crippen LogP contribution in [-0.4, -0.2) is 9.55 Å². The van der Waals surface area contributed by atoms with Gasteiger partial charge in [-0.05, 0) is 48.0 Å². The highest BCUT2D eigenvalue weighted by molar-refractivity contribution is 7.98. The quantitative estimate of drug-likeness (QED) is 0.260. The minimum Gasteiger partial charge on any atom is -0.268 e. The van der Waals surface area contributed by atoms with E-state index in [0.29, 0.717) is 42.6 Å². The van der Waals surface area contributed by atoms with Gasteiger partial charge in [-0.3, -0.25) is 9.36 Å². The molecule has 0 saturated heterocycles. The molecule has 4 rings (SSSR count). The molecule has 4 aromatic rings. The standard InChI is InChI=1S/C21H13Cl3N2OS/c22-13-5-3-6-14(11-13)26-20(27)15-7-1-2-10-19(15)25-21(26)28-12-16-17(23)8-4-9-18(16)24/h1-11H,12H2. The van der Waals surface area contributed by atoms with Crippen molar-refractivity contribution in [3.8, 4) is 5.69 Å². The van der Waals surface area contributed by atoms with E-state index in [1.54, 1.807) is 47.0 Å². The molecule has 0 atom stereocenters. The molecule has 0 fully saturated rings. The van der Waals surface area contributed by atoms with Gasteiger partial charge in [0.15, 0.2) is 5.16 Å². The van der Waals surface area contributed by atoms with Crippen molar-refractivity contribution in [2.75, 3.05) is 0 Å². The van der Waals surface area contributed by atoms with Crippen molar-refractivity contribution in [1.29, 1.82) is 0 Å².